The minimum Gasteiger partial charge on any atom is -0.477 e. The summed E-state index contributed by atoms with van der Waals surface area (Å²) in [5.74, 6) is -0.822. The Morgan fingerprint density at radius 3 is 2.88 bits per heavy atom. The summed E-state index contributed by atoms with van der Waals surface area (Å²) in [6.07, 6.45) is 3.72. The number of fused-ring (bicyclic) bond motifs is 1. The van der Waals surface area contributed by atoms with Crippen molar-refractivity contribution in [1.82, 2.24) is 9.88 Å². The van der Waals surface area contributed by atoms with Crippen molar-refractivity contribution in [2.24, 2.45) is 5.73 Å². The van der Waals surface area contributed by atoms with Gasteiger partial charge in [-0.25, -0.2) is 9.78 Å². The van der Waals surface area contributed by atoms with Crippen LogP contribution in [-0.4, -0.2) is 56.5 Å². The third-order valence-corrected chi connectivity index (χ3v) is 5.96. The summed E-state index contributed by atoms with van der Waals surface area (Å²) in [5.41, 5.74) is 6.65. The molecular weight excluding hydrogens is 356 g/mol. The summed E-state index contributed by atoms with van der Waals surface area (Å²) < 4.78 is 0. The van der Waals surface area contributed by atoms with Crippen LogP contribution in [0.2, 0.25) is 0 Å². The molecule has 2 atom stereocenters. The Morgan fingerprint density at radius 2 is 2.19 bits per heavy atom. The van der Waals surface area contributed by atoms with Gasteiger partial charge in [-0.15, -0.1) is 11.8 Å². The maximum atomic E-state index is 12.7. The maximum Gasteiger partial charge on any atom is 0.352 e. The number of hydrogen-bond donors (Lipinski definition) is 2. The lowest BCUT2D eigenvalue weighted by molar-refractivity contribution is -0.147. The van der Waals surface area contributed by atoms with Gasteiger partial charge in [0.15, 0.2) is 0 Å². The Labute approximate surface area is 153 Å². The van der Waals surface area contributed by atoms with E-state index in [2.05, 4.69) is 4.98 Å². The number of nitrogens with zero attached hydrogens (tertiary/aromatic N) is 3. The Bertz CT molecular complexity index is 867. The zero-order chi connectivity index (χ0) is 18.4. The molecule has 2 saturated heterocycles. The van der Waals surface area contributed by atoms with Gasteiger partial charge >= 0.3 is 5.97 Å². The van der Waals surface area contributed by atoms with Crippen molar-refractivity contribution < 1.29 is 19.5 Å². The molecule has 0 unspecified atom stereocenters. The molecule has 26 heavy (non-hydrogen) atoms. The normalized spacial score (nSPS) is 27.0. The van der Waals surface area contributed by atoms with Crippen LogP contribution in [0.3, 0.4) is 0 Å². The standard InChI is InChI=1S/C17H16N4O4S/c18-12-15(23)21-13(17(24)25)10(8-26-16(12)21)7-9-4-6-20(14(9)22)11-3-1-2-5-19-11/h1-3,5,7,12,16H,4,6,8,18H2,(H,24,25)/b9-7+/t12-,16-/m1/s1. The van der Waals surface area contributed by atoms with Crippen LogP contribution in [0.25, 0.3) is 0 Å². The number of hydrogen-bond acceptors (Lipinski definition) is 6. The fourth-order valence-electron chi connectivity index (χ4n) is 3.34. The molecule has 1 aromatic heterocycles. The number of carbonyl (C=O) groups is 3. The molecule has 1 aromatic rings. The van der Waals surface area contributed by atoms with Gasteiger partial charge in [-0.1, -0.05) is 6.07 Å². The number of anilines is 1. The Hall–Kier alpha value is -2.65. The molecule has 3 N–H and O–H groups in total. The molecule has 0 radical (unpaired) electrons. The predicted molar refractivity (Wildman–Crippen MR) is 95.0 cm³/mol. The third-order valence-electron chi connectivity index (χ3n) is 4.64. The fourth-order valence-corrected chi connectivity index (χ4v) is 4.59. The van der Waals surface area contributed by atoms with Gasteiger partial charge in [0.05, 0.1) is 0 Å². The van der Waals surface area contributed by atoms with E-state index in [1.165, 1.54) is 16.7 Å². The van der Waals surface area contributed by atoms with E-state index in [9.17, 15) is 19.5 Å². The van der Waals surface area contributed by atoms with E-state index in [0.29, 0.717) is 35.7 Å². The van der Waals surface area contributed by atoms with Gasteiger partial charge in [0.25, 0.3) is 5.91 Å². The van der Waals surface area contributed by atoms with Gasteiger partial charge < -0.3 is 10.8 Å². The number of pyridine rings is 1. The van der Waals surface area contributed by atoms with E-state index >= 15 is 0 Å². The van der Waals surface area contributed by atoms with Crippen LogP contribution in [0.15, 0.2) is 47.3 Å². The number of β-lactam (4-membered cyclic amide) rings is 1. The Kier molecular flexibility index (Phi) is 4.04. The first-order chi connectivity index (χ1) is 12.5. The summed E-state index contributed by atoms with van der Waals surface area (Å²) >= 11 is 1.41. The molecule has 134 valence electrons. The van der Waals surface area contributed by atoms with Gasteiger partial charge in [-0.3, -0.25) is 19.4 Å². The summed E-state index contributed by atoms with van der Waals surface area (Å²) in [6.45, 7) is 0.487. The number of carboxylic acid groups (broad SMARTS) is 1. The van der Waals surface area contributed by atoms with E-state index in [1.54, 1.807) is 35.4 Å². The fraction of sp³-hybridized carbons (Fsp3) is 0.294. The first kappa shape index (κ1) is 16.8. The summed E-state index contributed by atoms with van der Waals surface area (Å²) in [5, 5.41) is 9.22. The number of allylic oxidation sites excluding steroid dienone is 1. The van der Waals surface area contributed by atoms with E-state index in [1.807, 2.05) is 0 Å². The highest BCUT2D eigenvalue weighted by Gasteiger charge is 2.51. The van der Waals surface area contributed by atoms with Gasteiger partial charge in [0, 0.05) is 24.1 Å². The molecule has 3 aliphatic heterocycles. The molecule has 0 aliphatic carbocycles. The molecule has 0 saturated carbocycles. The van der Waals surface area contributed by atoms with E-state index in [-0.39, 0.29) is 17.0 Å². The lowest BCUT2D eigenvalue weighted by Crippen LogP contribution is -2.68. The minimum absolute atomic E-state index is 0.0722. The van der Waals surface area contributed by atoms with Crippen molar-refractivity contribution in [2.75, 3.05) is 17.2 Å². The Balaban J connectivity index is 1.66. The van der Waals surface area contributed by atoms with Crippen molar-refractivity contribution in [3.05, 3.63) is 47.3 Å². The Morgan fingerprint density at radius 1 is 1.38 bits per heavy atom. The highest BCUT2D eigenvalue weighted by Crippen LogP contribution is 2.40. The molecule has 0 bridgehead atoms. The number of rotatable bonds is 3. The van der Waals surface area contributed by atoms with E-state index in [0.717, 1.165) is 0 Å². The van der Waals surface area contributed by atoms with Gasteiger partial charge in [-0.05, 0) is 30.2 Å². The molecule has 9 heteroatoms. The number of carbonyl (C=O) groups excluding carboxylic acids is 2. The number of amides is 2. The quantitative estimate of drug-likeness (QED) is 0.580. The van der Waals surface area contributed by atoms with Crippen molar-refractivity contribution in [2.45, 2.75) is 17.8 Å². The van der Waals surface area contributed by atoms with Crippen LogP contribution in [0, 0.1) is 0 Å². The second-order valence-corrected chi connectivity index (χ2v) is 7.28. The first-order valence-corrected chi connectivity index (χ1v) is 9.14. The van der Waals surface area contributed by atoms with Crippen LogP contribution >= 0.6 is 11.8 Å². The number of nitrogens with two attached hydrogens (primary N) is 1. The van der Waals surface area contributed by atoms with Crippen molar-refractivity contribution in [3.8, 4) is 0 Å². The smallest absolute Gasteiger partial charge is 0.352 e. The summed E-state index contributed by atoms with van der Waals surface area (Å²) in [6, 6.07) is 4.66. The van der Waals surface area contributed by atoms with Crippen molar-refractivity contribution >= 4 is 35.4 Å². The zero-order valence-corrected chi connectivity index (χ0v) is 14.5. The third kappa shape index (κ3) is 2.51. The average molecular weight is 372 g/mol. The molecule has 2 amide bonds. The highest BCUT2D eigenvalue weighted by atomic mass is 32.2. The summed E-state index contributed by atoms with van der Waals surface area (Å²) in [7, 11) is 0. The number of carboxylic acids is 1. The van der Waals surface area contributed by atoms with Crippen LogP contribution in [-0.2, 0) is 14.4 Å². The molecule has 2 fully saturated rings. The van der Waals surface area contributed by atoms with Gasteiger partial charge in [0.2, 0.25) is 5.91 Å². The minimum atomic E-state index is -1.19. The molecule has 3 aliphatic rings. The zero-order valence-electron chi connectivity index (χ0n) is 13.7. The van der Waals surface area contributed by atoms with Crippen LogP contribution in [0.5, 0.6) is 0 Å². The van der Waals surface area contributed by atoms with Crippen LogP contribution < -0.4 is 10.6 Å². The molecule has 0 aromatic carbocycles. The second-order valence-electron chi connectivity index (χ2n) is 6.18. The highest BCUT2D eigenvalue weighted by molar-refractivity contribution is 8.00. The number of aromatic nitrogens is 1. The predicted octanol–water partition coefficient (Wildman–Crippen LogP) is 0.326. The molecule has 8 nitrogen and oxygen atoms in total. The van der Waals surface area contributed by atoms with Crippen molar-refractivity contribution in [3.63, 3.8) is 0 Å². The van der Waals surface area contributed by atoms with Crippen molar-refractivity contribution in [1.29, 1.82) is 0 Å². The maximum absolute atomic E-state index is 12.7. The lowest BCUT2D eigenvalue weighted by atomic mass is 10.0. The summed E-state index contributed by atoms with van der Waals surface area (Å²) in [4.78, 5) is 43.3. The van der Waals surface area contributed by atoms with E-state index < -0.39 is 17.9 Å². The second kappa shape index (κ2) is 6.26. The number of thioether (sulfide) groups is 1. The average Bonchev–Trinajstić information content (AvgIpc) is 3.01. The lowest BCUT2D eigenvalue weighted by Gasteiger charge is -2.47. The van der Waals surface area contributed by atoms with Crippen LogP contribution in [0.4, 0.5) is 5.82 Å². The molecule has 0 spiro atoms. The molecular formula is C17H16N4O4S. The van der Waals surface area contributed by atoms with E-state index in [4.69, 9.17) is 5.73 Å². The molecule has 4 rings (SSSR count). The van der Waals surface area contributed by atoms with Gasteiger partial charge in [0.1, 0.15) is 22.9 Å². The van der Waals surface area contributed by atoms with Crippen LogP contribution in [0.1, 0.15) is 6.42 Å². The number of aliphatic carboxylic acids is 1. The largest absolute Gasteiger partial charge is 0.477 e. The monoisotopic (exact) mass is 372 g/mol. The van der Waals surface area contributed by atoms with Gasteiger partial charge in [-0.2, -0.15) is 0 Å². The SMILES string of the molecule is N[C@@H]1C(=O)N2C(C(=O)O)=C(/C=C3\CCN(c4ccccn4)C3=O)CS[C@H]12. The first-order valence-electron chi connectivity index (χ1n) is 8.09. The topological polar surface area (TPSA) is 117 Å². The molecule has 4 heterocycles.